The van der Waals surface area contributed by atoms with E-state index in [1.165, 1.54) is 24.2 Å². The third-order valence-corrected chi connectivity index (χ3v) is 3.15. The fourth-order valence-corrected chi connectivity index (χ4v) is 2.14. The van der Waals surface area contributed by atoms with Crippen LogP contribution in [-0.4, -0.2) is 15.9 Å². The van der Waals surface area contributed by atoms with E-state index in [0.29, 0.717) is 27.9 Å². The molecule has 0 aliphatic heterocycles. The first-order valence-electron chi connectivity index (χ1n) is 4.99. The maximum Gasteiger partial charge on any atom is 0.268 e. The first kappa shape index (κ1) is 12.4. The molecule has 0 fully saturated rings. The Kier molecular flexibility index (Phi) is 3.80. The highest BCUT2D eigenvalue weighted by molar-refractivity contribution is 7.98. The van der Waals surface area contributed by atoms with Gasteiger partial charge in [0.05, 0.1) is 17.6 Å². The summed E-state index contributed by atoms with van der Waals surface area (Å²) < 4.78 is 5.22. The lowest BCUT2D eigenvalue weighted by atomic mass is 10.2. The Balaban J connectivity index is 2.09. The van der Waals surface area contributed by atoms with Crippen molar-refractivity contribution in [1.82, 2.24) is 15.4 Å². The van der Waals surface area contributed by atoms with Gasteiger partial charge in [0.2, 0.25) is 0 Å². The number of hydrazine groups is 1. The molecule has 2 aromatic heterocycles. The summed E-state index contributed by atoms with van der Waals surface area (Å²) in [6.45, 7) is 0. The van der Waals surface area contributed by atoms with Crippen molar-refractivity contribution >= 4 is 23.5 Å². The molecule has 94 valence electrons. The SMILES string of the molecule is NNC(=O)c1ccoc1CSc1nccnc1N. The molecule has 5 N–H and O–H groups in total. The number of hydrogen-bond acceptors (Lipinski definition) is 7. The van der Waals surface area contributed by atoms with Crippen LogP contribution in [0.15, 0.2) is 34.2 Å². The monoisotopic (exact) mass is 265 g/mol. The first-order chi connectivity index (χ1) is 8.72. The molecule has 0 spiro atoms. The average molecular weight is 265 g/mol. The van der Waals surface area contributed by atoms with Gasteiger partial charge in [-0.25, -0.2) is 15.8 Å². The number of carbonyl (C=O) groups is 1. The Morgan fingerprint density at radius 3 is 2.94 bits per heavy atom. The van der Waals surface area contributed by atoms with Crippen molar-refractivity contribution in [2.45, 2.75) is 10.8 Å². The van der Waals surface area contributed by atoms with E-state index in [0.717, 1.165) is 0 Å². The molecule has 8 heteroatoms. The lowest BCUT2D eigenvalue weighted by Crippen LogP contribution is -2.30. The number of furan rings is 1. The molecule has 1 amide bonds. The number of thioether (sulfide) groups is 1. The second-order valence-corrected chi connectivity index (χ2v) is 4.23. The van der Waals surface area contributed by atoms with E-state index >= 15 is 0 Å². The smallest absolute Gasteiger partial charge is 0.268 e. The number of hydrogen-bond donors (Lipinski definition) is 3. The van der Waals surface area contributed by atoms with E-state index in [-0.39, 0.29) is 0 Å². The third-order valence-electron chi connectivity index (χ3n) is 2.15. The Labute approximate surface area is 107 Å². The van der Waals surface area contributed by atoms with Gasteiger partial charge in [-0.1, -0.05) is 11.8 Å². The highest BCUT2D eigenvalue weighted by Gasteiger charge is 2.14. The predicted octanol–water partition coefficient (Wildman–Crippen LogP) is 0.548. The summed E-state index contributed by atoms with van der Waals surface area (Å²) in [6, 6.07) is 1.55. The molecule has 0 aliphatic carbocycles. The van der Waals surface area contributed by atoms with Crippen LogP contribution in [0.2, 0.25) is 0 Å². The molecule has 0 radical (unpaired) electrons. The summed E-state index contributed by atoms with van der Waals surface area (Å²) in [5.74, 6) is 5.95. The molecule has 2 aromatic rings. The molecular formula is C10H11N5O2S. The topological polar surface area (TPSA) is 120 Å². The highest BCUT2D eigenvalue weighted by Crippen LogP contribution is 2.26. The van der Waals surface area contributed by atoms with Crippen molar-refractivity contribution in [2.75, 3.05) is 5.73 Å². The molecule has 0 unspecified atom stereocenters. The molecule has 7 nitrogen and oxygen atoms in total. The van der Waals surface area contributed by atoms with Gasteiger partial charge in [0, 0.05) is 12.4 Å². The normalized spacial score (nSPS) is 10.3. The summed E-state index contributed by atoms with van der Waals surface area (Å²) in [5.41, 5.74) is 8.11. The number of nitrogens with zero attached hydrogens (tertiary/aromatic N) is 2. The Hall–Kier alpha value is -2.06. The van der Waals surface area contributed by atoms with Crippen molar-refractivity contribution < 1.29 is 9.21 Å². The van der Waals surface area contributed by atoms with Crippen LogP contribution in [0.5, 0.6) is 0 Å². The number of aromatic nitrogens is 2. The van der Waals surface area contributed by atoms with Crippen LogP contribution < -0.4 is 17.0 Å². The van der Waals surface area contributed by atoms with Gasteiger partial charge in [-0.2, -0.15) is 0 Å². The zero-order chi connectivity index (χ0) is 13.0. The van der Waals surface area contributed by atoms with Crippen LogP contribution in [0, 0.1) is 0 Å². The number of amides is 1. The number of nitrogen functional groups attached to an aromatic ring is 2. The van der Waals surface area contributed by atoms with E-state index in [4.69, 9.17) is 16.0 Å². The van der Waals surface area contributed by atoms with E-state index in [2.05, 4.69) is 15.4 Å². The van der Waals surface area contributed by atoms with Crippen LogP contribution in [0.4, 0.5) is 5.82 Å². The minimum absolute atomic E-state index is 0.346. The van der Waals surface area contributed by atoms with E-state index in [1.807, 2.05) is 0 Å². The Bertz CT molecular complexity index is 557. The number of carbonyl (C=O) groups excluding carboxylic acids is 1. The van der Waals surface area contributed by atoms with Crippen molar-refractivity contribution in [3.05, 3.63) is 36.0 Å². The van der Waals surface area contributed by atoms with Crippen LogP contribution in [0.1, 0.15) is 16.1 Å². The molecule has 2 heterocycles. The fourth-order valence-electron chi connectivity index (χ4n) is 1.31. The number of nitrogens with two attached hydrogens (primary N) is 2. The second kappa shape index (κ2) is 5.52. The summed E-state index contributed by atoms with van der Waals surface area (Å²) >= 11 is 1.33. The lowest BCUT2D eigenvalue weighted by molar-refractivity contribution is 0.0952. The molecule has 0 saturated carbocycles. The zero-order valence-corrected chi connectivity index (χ0v) is 10.1. The number of nitrogens with one attached hydrogen (secondary N) is 1. The van der Waals surface area contributed by atoms with Crippen LogP contribution in [0.3, 0.4) is 0 Å². The maximum absolute atomic E-state index is 11.4. The van der Waals surface area contributed by atoms with Crippen molar-refractivity contribution in [1.29, 1.82) is 0 Å². The molecule has 18 heavy (non-hydrogen) atoms. The summed E-state index contributed by atoms with van der Waals surface area (Å²) in [6.07, 6.45) is 4.49. The average Bonchev–Trinajstić information content (AvgIpc) is 2.85. The fraction of sp³-hybridized carbons (Fsp3) is 0.100. The largest absolute Gasteiger partial charge is 0.468 e. The molecular weight excluding hydrogens is 254 g/mol. The van der Waals surface area contributed by atoms with Gasteiger partial charge in [0.1, 0.15) is 10.8 Å². The van der Waals surface area contributed by atoms with Gasteiger partial charge in [-0.15, -0.1) is 0 Å². The molecule has 2 rings (SSSR count). The minimum Gasteiger partial charge on any atom is -0.468 e. The van der Waals surface area contributed by atoms with E-state index in [9.17, 15) is 4.79 Å². The van der Waals surface area contributed by atoms with Gasteiger partial charge in [0.25, 0.3) is 5.91 Å². The Morgan fingerprint density at radius 1 is 1.44 bits per heavy atom. The highest BCUT2D eigenvalue weighted by atomic mass is 32.2. The number of rotatable bonds is 4. The lowest BCUT2D eigenvalue weighted by Gasteiger charge is -2.03. The van der Waals surface area contributed by atoms with Gasteiger partial charge in [0.15, 0.2) is 5.82 Å². The number of anilines is 1. The van der Waals surface area contributed by atoms with Crippen LogP contribution >= 0.6 is 11.8 Å². The van der Waals surface area contributed by atoms with Crippen LogP contribution in [0.25, 0.3) is 0 Å². The van der Waals surface area contributed by atoms with Crippen molar-refractivity contribution in [3.63, 3.8) is 0 Å². The van der Waals surface area contributed by atoms with Gasteiger partial charge in [-0.05, 0) is 6.07 Å². The van der Waals surface area contributed by atoms with E-state index < -0.39 is 5.91 Å². The van der Waals surface area contributed by atoms with Gasteiger partial charge < -0.3 is 10.2 Å². The second-order valence-electron chi connectivity index (χ2n) is 3.27. The summed E-state index contributed by atoms with van der Waals surface area (Å²) in [4.78, 5) is 19.4. The summed E-state index contributed by atoms with van der Waals surface area (Å²) in [7, 11) is 0. The summed E-state index contributed by atoms with van der Waals surface area (Å²) in [5, 5.41) is 0.591. The molecule has 0 bridgehead atoms. The minimum atomic E-state index is -0.397. The maximum atomic E-state index is 11.4. The standard InChI is InChI=1S/C10H11N5O2S/c11-8-10(14-3-2-13-8)18-5-7-6(1-4-17-7)9(16)15-12/h1-4H,5,12H2,(H2,11,13)(H,15,16). The molecule has 0 atom stereocenters. The molecule has 0 aliphatic rings. The first-order valence-corrected chi connectivity index (χ1v) is 5.97. The van der Waals surface area contributed by atoms with E-state index in [1.54, 1.807) is 12.3 Å². The van der Waals surface area contributed by atoms with Crippen molar-refractivity contribution in [3.8, 4) is 0 Å². The predicted molar refractivity (Wildman–Crippen MR) is 66.4 cm³/mol. The third kappa shape index (κ3) is 2.60. The molecule has 0 aromatic carbocycles. The van der Waals surface area contributed by atoms with Crippen LogP contribution in [-0.2, 0) is 5.75 Å². The van der Waals surface area contributed by atoms with Gasteiger partial charge in [-0.3, -0.25) is 10.2 Å². The Morgan fingerprint density at radius 2 is 2.22 bits per heavy atom. The molecule has 0 saturated heterocycles. The zero-order valence-electron chi connectivity index (χ0n) is 9.29. The van der Waals surface area contributed by atoms with Crippen molar-refractivity contribution in [2.24, 2.45) is 5.84 Å². The van der Waals surface area contributed by atoms with Gasteiger partial charge >= 0.3 is 0 Å². The quantitative estimate of drug-likeness (QED) is 0.319.